The van der Waals surface area contributed by atoms with E-state index in [1.165, 1.54) is 16.7 Å². The van der Waals surface area contributed by atoms with Crippen molar-refractivity contribution in [2.24, 2.45) is 5.73 Å². The highest BCUT2D eigenvalue weighted by Crippen LogP contribution is 2.35. The zero-order valence-corrected chi connectivity index (χ0v) is 23.7. The number of amides is 3. The van der Waals surface area contributed by atoms with Crippen molar-refractivity contribution in [1.82, 2.24) is 9.80 Å². The fourth-order valence-electron chi connectivity index (χ4n) is 3.82. The van der Waals surface area contributed by atoms with Crippen LogP contribution in [0.25, 0.3) is 12.2 Å². The van der Waals surface area contributed by atoms with Crippen molar-refractivity contribution in [2.45, 2.75) is 18.9 Å². The van der Waals surface area contributed by atoms with Crippen LogP contribution in [-0.2, 0) is 23.9 Å². The van der Waals surface area contributed by atoms with Crippen molar-refractivity contribution in [3.63, 3.8) is 0 Å². The molecular formula is C27H23N3O5S4. The molecule has 0 radical (unpaired) electrons. The smallest absolute Gasteiger partial charge is 0.305 e. The van der Waals surface area contributed by atoms with E-state index in [1.807, 2.05) is 60.7 Å². The van der Waals surface area contributed by atoms with E-state index in [1.54, 1.807) is 12.2 Å². The molecule has 200 valence electrons. The van der Waals surface area contributed by atoms with Crippen molar-refractivity contribution in [3.8, 4) is 0 Å². The van der Waals surface area contributed by atoms with Crippen molar-refractivity contribution >= 4 is 92.4 Å². The number of benzene rings is 2. The maximum atomic E-state index is 13.0. The lowest BCUT2D eigenvalue weighted by Crippen LogP contribution is -2.47. The summed E-state index contributed by atoms with van der Waals surface area (Å²) in [4.78, 5) is 53.8. The molecule has 2 aromatic carbocycles. The molecule has 2 N–H and O–H groups in total. The normalized spacial score (nSPS) is 18.4. The van der Waals surface area contributed by atoms with Gasteiger partial charge in [0.1, 0.15) is 21.3 Å². The number of hydrogen-bond donors (Lipinski definition) is 1. The zero-order valence-electron chi connectivity index (χ0n) is 20.5. The first-order valence-electron chi connectivity index (χ1n) is 11.8. The highest BCUT2D eigenvalue weighted by Gasteiger charge is 2.40. The standard InChI is InChI=1S/C27H23N3O5S4/c28-23(32)19(30-25(34)21(39-27(30)37)16-18-9-5-2-6-10-18)11-12-22(31)35-14-13-29-24(33)20(38-26(29)36)15-17-7-3-1-4-8-17/h1-10,15-16,19H,11-14H2,(H2,28,32)/b20-15-,21-16-. The minimum atomic E-state index is -1.10. The summed E-state index contributed by atoms with van der Waals surface area (Å²) in [5.41, 5.74) is 7.26. The van der Waals surface area contributed by atoms with Crippen LogP contribution in [0.1, 0.15) is 24.0 Å². The first-order chi connectivity index (χ1) is 18.7. The van der Waals surface area contributed by atoms with Gasteiger partial charge in [0.2, 0.25) is 5.91 Å². The monoisotopic (exact) mass is 597 g/mol. The van der Waals surface area contributed by atoms with Gasteiger partial charge in [-0.25, -0.2) is 0 Å². The third kappa shape index (κ3) is 7.21. The fraction of sp³-hybridized carbons (Fsp3) is 0.185. The molecule has 2 heterocycles. The molecular weight excluding hydrogens is 575 g/mol. The number of nitrogens with two attached hydrogens (primary N) is 1. The van der Waals surface area contributed by atoms with Gasteiger partial charge in [0.15, 0.2) is 0 Å². The van der Waals surface area contributed by atoms with Gasteiger partial charge in [-0.15, -0.1) is 0 Å². The Morgan fingerprint density at radius 1 is 0.872 bits per heavy atom. The predicted molar refractivity (Wildman–Crippen MR) is 161 cm³/mol. The topological polar surface area (TPSA) is 110 Å². The van der Waals surface area contributed by atoms with E-state index in [0.717, 1.165) is 27.8 Å². The maximum Gasteiger partial charge on any atom is 0.305 e. The van der Waals surface area contributed by atoms with Crippen LogP contribution in [0.5, 0.6) is 0 Å². The molecule has 0 saturated carbocycles. The second kappa shape index (κ2) is 13.2. The van der Waals surface area contributed by atoms with Gasteiger partial charge in [0, 0.05) is 6.42 Å². The van der Waals surface area contributed by atoms with Crippen LogP contribution >= 0.6 is 48.0 Å². The first-order valence-corrected chi connectivity index (χ1v) is 14.3. The number of esters is 1. The Balaban J connectivity index is 1.29. The molecule has 0 aliphatic carbocycles. The van der Waals surface area contributed by atoms with Crippen molar-refractivity contribution in [2.75, 3.05) is 13.2 Å². The van der Waals surface area contributed by atoms with Gasteiger partial charge in [-0.05, 0) is 29.7 Å². The Morgan fingerprint density at radius 2 is 1.41 bits per heavy atom. The van der Waals surface area contributed by atoms with E-state index in [-0.39, 0.29) is 36.2 Å². The molecule has 4 rings (SSSR count). The van der Waals surface area contributed by atoms with Crippen LogP contribution in [0.4, 0.5) is 0 Å². The van der Waals surface area contributed by atoms with Crippen LogP contribution in [-0.4, -0.2) is 61.3 Å². The summed E-state index contributed by atoms with van der Waals surface area (Å²) in [6, 6.07) is 17.5. The van der Waals surface area contributed by atoms with E-state index in [9.17, 15) is 19.2 Å². The van der Waals surface area contributed by atoms with Crippen LogP contribution in [0.2, 0.25) is 0 Å². The van der Waals surface area contributed by atoms with Gasteiger partial charge in [-0.1, -0.05) is 109 Å². The number of rotatable bonds is 10. The predicted octanol–water partition coefficient (Wildman–Crippen LogP) is 3.97. The van der Waals surface area contributed by atoms with Crippen LogP contribution < -0.4 is 5.73 Å². The minimum Gasteiger partial charge on any atom is -0.464 e. The molecule has 12 heteroatoms. The Labute approximate surface area is 244 Å². The zero-order chi connectivity index (χ0) is 27.9. The molecule has 3 amide bonds. The van der Waals surface area contributed by atoms with Gasteiger partial charge in [0.05, 0.1) is 16.4 Å². The maximum absolute atomic E-state index is 13.0. The van der Waals surface area contributed by atoms with Crippen molar-refractivity contribution in [1.29, 1.82) is 0 Å². The SMILES string of the molecule is NC(=O)C(CCC(=O)OCCN1C(=O)/C(=C/c2ccccc2)SC1=S)N1C(=O)/C(=C/c2ccccc2)SC1=S. The van der Waals surface area contributed by atoms with Gasteiger partial charge in [-0.2, -0.15) is 0 Å². The lowest BCUT2D eigenvalue weighted by atomic mass is 10.1. The molecule has 2 aromatic rings. The summed E-state index contributed by atoms with van der Waals surface area (Å²) < 4.78 is 5.85. The molecule has 2 aliphatic heterocycles. The van der Waals surface area contributed by atoms with E-state index in [0.29, 0.717) is 14.1 Å². The van der Waals surface area contributed by atoms with E-state index in [4.69, 9.17) is 34.9 Å². The largest absolute Gasteiger partial charge is 0.464 e. The van der Waals surface area contributed by atoms with E-state index in [2.05, 4.69) is 0 Å². The number of ether oxygens (including phenoxy) is 1. The van der Waals surface area contributed by atoms with Gasteiger partial charge in [-0.3, -0.25) is 29.0 Å². The summed E-state index contributed by atoms with van der Waals surface area (Å²) in [5, 5.41) is 0. The second-order valence-corrected chi connectivity index (χ2v) is 11.7. The Morgan fingerprint density at radius 3 is 1.97 bits per heavy atom. The van der Waals surface area contributed by atoms with Gasteiger partial charge in [0.25, 0.3) is 11.8 Å². The average molecular weight is 598 g/mol. The van der Waals surface area contributed by atoms with Crippen LogP contribution in [0, 0.1) is 0 Å². The first kappa shape index (κ1) is 28.7. The summed E-state index contributed by atoms with van der Waals surface area (Å²) in [6.45, 7) is 0.0206. The number of carbonyl (C=O) groups excluding carboxylic acids is 4. The van der Waals surface area contributed by atoms with Crippen molar-refractivity contribution < 1.29 is 23.9 Å². The fourth-order valence-corrected chi connectivity index (χ4v) is 6.48. The van der Waals surface area contributed by atoms with Crippen LogP contribution in [0.15, 0.2) is 70.5 Å². The van der Waals surface area contributed by atoms with Gasteiger partial charge >= 0.3 is 5.97 Å². The molecule has 0 spiro atoms. The molecule has 1 unspecified atom stereocenters. The highest BCUT2D eigenvalue weighted by molar-refractivity contribution is 8.27. The Kier molecular flexibility index (Phi) is 9.68. The third-order valence-electron chi connectivity index (χ3n) is 5.73. The van der Waals surface area contributed by atoms with E-state index < -0.39 is 23.8 Å². The average Bonchev–Trinajstić information content (AvgIpc) is 3.34. The molecule has 0 bridgehead atoms. The quantitative estimate of drug-likeness (QED) is 0.247. The molecule has 2 fully saturated rings. The summed E-state index contributed by atoms with van der Waals surface area (Å²) in [6.07, 6.45) is 3.22. The molecule has 2 saturated heterocycles. The number of nitrogens with zero attached hydrogens (tertiary/aromatic N) is 2. The van der Waals surface area contributed by atoms with Gasteiger partial charge < -0.3 is 10.5 Å². The summed E-state index contributed by atoms with van der Waals surface area (Å²) in [7, 11) is 0. The lowest BCUT2D eigenvalue weighted by Gasteiger charge is -2.23. The molecule has 2 aliphatic rings. The summed E-state index contributed by atoms with van der Waals surface area (Å²) in [5.74, 6) is -2.07. The number of thiocarbonyl (C=S) groups is 2. The molecule has 0 aromatic heterocycles. The number of carbonyl (C=O) groups is 4. The van der Waals surface area contributed by atoms with E-state index >= 15 is 0 Å². The number of primary amides is 1. The Bertz CT molecular complexity index is 1380. The minimum absolute atomic E-state index is 0.0555. The molecule has 39 heavy (non-hydrogen) atoms. The van der Waals surface area contributed by atoms with Crippen LogP contribution in [0.3, 0.4) is 0 Å². The number of hydrogen-bond acceptors (Lipinski definition) is 9. The lowest BCUT2D eigenvalue weighted by molar-refractivity contribution is -0.145. The molecule has 8 nitrogen and oxygen atoms in total. The molecule has 1 atom stereocenters. The Hall–Kier alpha value is -3.32. The van der Waals surface area contributed by atoms with Crippen molar-refractivity contribution in [3.05, 3.63) is 81.6 Å². The number of thioether (sulfide) groups is 2. The second-order valence-electron chi connectivity index (χ2n) is 8.38. The summed E-state index contributed by atoms with van der Waals surface area (Å²) >= 11 is 12.9. The third-order valence-corrected chi connectivity index (χ3v) is 8.44. The highest BCUT2D eigenvalue weighted by atomic mass is 32.2.